The van der Waals surface area contributed by atoms with Gasteiger partial charge < -0.3 is 56.7 Å². The number of methoxy groups -OCH3 is 1. The van der Waals surface area contributed by atoms with Crippen molar-refractivity contribution >= 4 is 31.1 Å². The predicted octanol–water partition coefficient (Wildman–Crippen LogP) is 7.44. The molecule has 14 nitrogen and oxygen atoms in total. The number of esters is 1. The van der Waals surface area contributed by atoms with Gasteiger partial charge in [0.1, 0.15) is 24.5 Å². The normalized spacial score (nSPS) is 19.1. The fraction of sp³-hybridized carbons (Fsp3) is 0.566. The van der Waals surface area contributed by atoms with Crippen molar-refractivity contribution in [1.82, 2.24) is 0 Å². The summed E-state index contributed by atoms with van der Waals surface area (Å²) in [6.07, 6.45) is 5.55. The maximum absolute atomic E-state index is 14.1. The van der Waals surface area contributed by atoms with Gasteiger partial charge in [-0.2, -0.15) is 4.89 Å². The molecule has 4 aliphatic rings. The number of rotatable bonds is 26. The van der Waals surface area contributed by atoms with Gasteiger partial charge in [0.15, 0.2) is 5.75 Å². The van der Waals surface area contributed by atoms with Crippen molar-refractivity contribution in [3.05, 3.63) is 100 Å². The molecule has 0 N–H and O–H groups in total. The second-order valence-electron chi connectivity index (χ2n) is 19.7. The van der Waals surface area contributed by atoms with Crippen molar-refractivity contribution in [2.24, 2.45) is 0 Å². The van der Waals surface area contributed by atoms with Gasteiger partial charge in [-0.1, -0.05) is 55.5 Å². The number of hydrogen-bond acceptors (Lipinski definition) is 14. The summed E-state index contributed by atoms with van der Waals surface area (Å²) in [6, 6.07) is 18.5. The third-order valence-corrected chi connectivity index (χ3v) is 14.0. The quantitative estimate of drug-likeness (QED) is 0.0259. The highest BCUT2D eigenvalue weighted by molar-refractivity contribution is 6.62. The number of benzene rings is 3. The van der Waals surface area contributed by atoms with E-state index < -0.39 is 48.0 Å². The Balaban J connectivity index is 1.31. The molecule has 2 aliphatic carbocycles. The fourth-order valence-electron chi connectivity index (χ4n) is 8.87. The third kappa shape index (κ3) is 11.4. The van der Waals surface area contributed by atoms with Crippen molar-refractivity contribution in [3.63, 3.8) is 0 Å². The summed E-state index contributed by atoms with van der Waals surface area (Å²) in [5.41, 5.74) is 4.44. The Bertz CT molecular complexity index is 2190. The van der Waals surface area contributed by atoms with E-state index >= 15 is 0 Å². The van der Waals surface area contributed by atoms with Gasteiger partial charge in [-0.25, -0.2) is 4.79 Å². The zero-order valence-electron chi connectivity index (χ0n) is 42.6. The second kappa shape index (κ2) is 22.6. The van der Waals surface area contributed by atoms with E-state index in [1.807, 2.05) is 18.2 Å². The number of allylic oxidation sites excluding steroid dienone is 3. The Kier molecular flexibility index (Phi) is 17.3. The SMILES string of the molecule is CCCOCCOCCOOc1ccc(C2(C3=CC=C(OCCOCCOCCOC)C3)c3cc(B4OC(C)(C)C(C)(C)O4)ccc3-c3ccc(B4OC(C)(C)C(C)(C)O4)cc32)cc1C(=O)OCC. The summed E-state index contributed by atoms with van der Waals surface area (Å²) < 4.78 is 66.4. The zero-order chi connectivity index (χ0) is 49.5. The number of hydrogen-bond donors (Lipinski definition) is 0. The molecule has 16 heteroatoms. The van der Waals surface area contributed by atoms with Gasteiger partial charge in [0.2, 0.25) is 0 Å². The number of carbonyl (C=O) groups excluding carboxylic acids is 1. The molecule has 3 aromatic rings. The maximum Gasteiger partial charge on any atom is 0.494 e. The van der Waals surface area contributed by atoms with Crippen molar-refractivity contribution in [2.45, 2.75) is 110 Å². The third-order valence-electron chi connectivity index (χ3n) is 14.0. The average molecular weight is 955 g/mol. The van der Waals surface area contributed by atoms with Crippen LogP contribution in [0.1, 0.15) is 109 Å². The van der Waals surface area contributed by atoms with E-state index in [1.165, 1.54) is 0 Å². The van der Waals surface area contributed by atoms with Crippen LogP contribution in [0.4, 0.5) is 0 Å². The van der Waals surface area contributed by atoms with Crippen molar-refractivity contribution in [1.29, 1.82) is 0 Å². The van der Waals surface area contributed by atoms with Crippen LogP contribution >= 0.6 is 0 Å². The standard InChI is InChI=1S/C53H72B2O14/c1-12-22-58-25-26-61-30-32-64-65-47-21-15-38(34-44(47)48(56)62-13-2)53(37-14-18-41(33-37)63-31-29-60-28-27-59-24-23-57-11)45-35-39(54-66-49(3,4)50(5,6)67-54)16-19-42(45)43-20-17-40(36-46(43)53)55-68-51(7,8)52(9,10)69-55/h14-21,34-36H,12-13,22-33H2,1-11H3. The van der Waals surface area contributed by atoms with Gasteiger partial charge in [-0.3, -0.25) is 0 Å². The Hall–Kier alpha value is -4.06. The van der Waals surface area contributed by atoms with Gasteiger partial charge in [-0.05, 0) is 131 Å². The van der Waals surface area contributed by atoms with Crippen LogP contribution in [-0.2, 0) is 62.1 Å². The lowest BCUT2D eigenvalue weighted by Crippen LogP contribution is -2.41. The Morgan fingerprint density at radius 3 is 1.62 bits per heavy atom. The molecule has 7 rings (SSSR count). The lowest BCUT2D eigenvalue weighted by Gasteiger charge is -2.36. The minimum absolute atomic E-state index is 0.125. The molecular weight excluding hydrogens is 882 g/mol. The number of carbonyl (C=O) groups is 1. The maximum atomic E-state index is 14.1. The Morgan fingerprint density at radius 1 is 0.594 bits per heavy atom. The number of ether oxygens (including phenoxy) is 7. The minimum atomic E-state index is -1.02. The average Bonchev–Trinajstić information content (AvgIpc) is 4.02. The summed E-state index contributed by atoms with van der Waals surface area (Å²) >= 11 is 0. The van der Waals surface area contributed by atoms with Crippen LogP contribution in [0.15, 0.2) is 78.1 Å². The lowest BCUT2D eigenvalue weighted by atomic mass is 9.64. The Morgan fingerprint density at radius 2 is 1.10 bits per heavy atom. The van der Waals surface area contributed by atoms with Gasteiger partial charge >= 0.3 is 20.2 Å². The summed E-state index contributed by atoms with van der Waals surface area (Å²) in [7, 11) is 0.364. The van der Waals surface area contributed by atoms with Crippen LogP contribution in [0, 0.1) is 0 Å². The molecule has 0 unspecified atom stereocenters. The van der Waals surface area contributed by atoms with Crippen molar-refractivity contribution in [3.8, 4) is 16.9 Å². The number of fused-ring (bicyclic) bond motifs is 3. The van der Waals surface area contributed by atoms with Crippen LogP contribution in [0.5, 0.6) is 5.75 Å². The largest absolute Gasteiger partial charge is 0.495 e. The molecule has 0 saturated carbocycles. The molecule has 2 fully saturated rings. The first kappa shape index (κ1) is 52.8. The minimum Gasteiger partial charge on any atom is -0.495 e. The summed E-state index contributed by atoms with van der Waals surface area (Å²) in [5, 5.41) is 0. The molecule has 0 spiro atoms. The second-order valence-corrected chi connectivity index (χ2v) is 19.7. The molecule has 2 heterocycles. The molecule has 3 aromatic carbocycles. The van der Waals surface area contributed by atoms with E-state index in [4.69, 9.17) is 61.6 Å². The summed E-state index contributed by atoms with van der Waals surface area (Å²) in [4.78, 5) is 25.6. The van der Waals surface area contributed by atoms with E-state index in [0.717, 1.165) is 56.5 Å². The molecule has 2 saturated heterocycles. The monoisotopic (exact) mass is 955 g/mol. The molecule has 374 valence electrons. The molecular formula is C53H72B2O14. The zero-order valence-corrected chi connectivity index (χ0v) is 42.6. The van der Waals surface area contributed by atoms with E-state index in [0.29, 0.717) is 65.9 Å². The summed E-state index contributed by atoms with van der Waals surface area (Å²) in [6.45, 7) is 25.1. The van der Waals surface area contributed by atoms with E-state index in [1.54, 1.807) is 20.1 Å². The Labute approximate surface area is 409 Å². The topological polar surface area (TPSA) is 137 Å². The molecule has 0 bridgehead atoms. The smallest absolute Gasteiger partial charge is 0.494 e. The van der Waals surface area contributed by atoms with Gasteiger partial charge in [-0.15, -0.1) is 0 Å². The predicted molar refractivity (Wildman–Crippen MR) is 264 cm³/mol. The van der Waals surface area contributed by atoms with Gasteiger partial charge in [0, 0.05) is 20.1 Å². The highest BCUT2D eigenvalue weighted by Crippen LogP contribution is 2.58. The lowest BCUT2D eigenvalue weighted by molar-refractivity contribution is -0.215. The fourth-order valence-corrected chi connectivity index (χ4v) is 8.87. The van der Waals surface area contributed by atoms with Gasteiger partial charge in [0.05, 0.1) is 87.3 Å². The summed E-state index contributed by atoms with van der Waals surface area (Å²) in [5.74, 6) is 0.432. The van der Waals surface area contributed by atoms with Crippen LogP contribution in [0.25, 0.3) is 11.1 Å². The molecule has 0 atom stereocenters. The first-order chi connectivity index (χ1) is 33.0. The van der Waals surface area contributed by atoms with Crippen LogP contribution < -0.4 is 15.8 Å². The van der Waals surface area contributed by atoms with Crippen LogP contribution in [0.3, 0.4) is 0 Å². The highest BCUT2D eigenvalue weighted by atomic mass is 17.2. The molecule has 2 aliphatic heterocycles. The van der Waals surface area contributed by atoms with Gasteiger partial charge in [0.25, 0.3) is 0 Å². The molecule has 69 heavy (non-hydrogen) atoms. The molecule has 0 aromatic heterocycles. The first-order valence-electron chi connectivity index (χ1n) is 24.4. The van der Waals surface area contributed by atoms with Crippen LogP contribution in [-0.4, -0.2) is 129 Å². The van der Waals surface area contributed by atoms with E-state index in [-0.39, 0.29) is 31.1 Å². The highest BCUT2D eigenvalue weighted by Gasteiger charge is 2.55. The molecule has 0 radical (unpaired) electrons. The first-order valence-corrected chi connectivity index (χ1v) is 24.4. The van der Waals surface area contributed by atoms with E-state index in [2.05, 4.69) is 105 Å². The van der Waals surface area contributed by atoms with E-state index in [9.17, 15) is 4.79 Å². The van der Waals surface area contributed by atoms with Crippen molar-refractivity contribution < 1.29 is 66.3 Å². The van der Waals surface area contributed by atoms with Crippen LogP contribution in [0.2, 0.25) is 0 Å². The van der Waals surface area contributed by atoms with Crippen molar-refractivity contribution in [2.75, 3.05) is 86.4 Å². The molecule has 0 amide bonds.